The standard InChI is InChI=1S/C26H35N3O2S/c1-19-15-29(20(2)18-30)32-26-11-10-23(22-8-4-5-9-22)13-24(26)31-25(19)17-28(3)16-21-7-6-12-27-14-21/h6-8,10-14,19-20,25,30H,4-5,9,15-18H2,1-3H3/t19-,20+,25+/m1/s1. The van der Waals surface area contributed by atoms with Crippen molar-refractivity contribution in [2.75, 3.05) is 26.7 Å². The van der Waals surface area contributed by atoms with Crippen LogP contribution in [0.15, 0.2) is 53.7 Å². The van der Waals surface area contributed by atoms with Gasteiger partial charge in [-0.05, 0) is 80.1 Å². The van der Waals surface area contributed by atoms with Crippen molar-refractivity contribution in [2.24, 2.45) is 5.92 Å². The smallest absolute Gasteiger partial charge is 0.135 e. The summed E-state index contributed by atoms with van der Waals surface area (Å²) in [7, 11) is 2.14. The van der Waals surface area contributed by atoms with E-state index in [1.54, 1.807) is 11.9 Å². The van der Waals surface area contributed by atoms with E-state index in [-0.39, 0.29) is 18.8 Å². The van der Waals surface area contributed by atoms with Crippen LogP contribution < -0.4 is 4.74 Å². The SMILES string of the molecule is C[C@@H]1CN([C@@H](C)CO)Sc2ccc(C3=CCCC3)cc2O[C@H]1CN(C)Cc1cccnc1. The van der Waals surface area contributed by atoms with Gasteiger partial charge in [0.15, 0.2) is 0 Å². The van der Waals surface area contributed by atoms with Gasteiger partial charge < -0.3 is 9.84 Å². The van der Waals surface area contributed by atoms with Crippen LogP contribution in [0.1, 0.15) is 44.2 Å². The van der Waals surface area contributed by atoms with Gasteiger partial charge in [-0.3, -0.25) is 9.88 Å². The fraction of sp³-hybridized carbons (Fsp3) is 0.500. The van der Waals surface area contributed by atoms with Crippen LogP contribution in [0.4, 0.5) is 0 Å². The Morgan fingerprint density at radius 2 is 2.22 bits per heavy atom. The molecule has 0 amide bonds. The maximum Gasteiger partial charge on any atom is 0.135 e. The van der Waals surface area contributed by atoms with Gasteiger partial charge in [0, 0.05) is 44.0 Å². The molecule has 172 valence electrons. The van der Waals surface area contributed by atoms with Gasteiger partial charge in [-0.2, -0.15) is 0 Å². The van der Waals surface area contributed by atoms with E-state index in [4.69, 9.17) is 4.74 Å². The molecule has 5 nitrogen and oxygen atoms in total. The second-order valence-electron chi connectivity index (χ2n) is 9.20. The third-order valence-corrected chi connectivity index (χ3v) is 7.65. The zero-order valence-corrected chi connectivity index (χ0v) is 20.2. The van der Waals surface area contributed by atoms with E-state index >= 15 is 0 Å². The predicted octanol–water partition coefficient (Wildman–Crippen LogP) is 4.87. The first-order chi connectivity index (χ1) is 15.5. The molecule has 2 aromatic rings. The maximum atomic E-state index is 9.84. The second-order valence-corrected chi connectivity index (χ2v) is 10.3. The number of aromatic nitrogens is 1. The minimum Gasteiger partial charge on any atom is -0.488 e. The second kappa shape index (κ2) is 10.8. The first-order valence-corrected chi connectivity index (χ1v) is 12.4. The van der Waals surface area contributed by atoms with Crippen molar-refractivity contribution >= 4 is 17.5 Å². The number of aliphatic hydroxyl groups is 1. The lowest BCUT2D eigenvalue weighted by molar-refractivity contribution is 0.0769. The van der Waals surface area contributed by atoms with Gasteiger partial charge in [-0.15, -0.1) is 0 Å². The average molecular weight is 454 g/mol. The molecule has 3 atom stereocenters. The molecule has 2 heterocycles. The molecule has 1 aromatic carbocycles. The number of hydrogen-bond acceptors (Lipinski definition) is 6. The number of benzene rings is 1. The molecule has 6 heteroatoms. The van der Waals surface area contributed by atoms with Crippen LogP contribution in [0.2, 0.25) is 0 Å². The average Bonchev–Trinajstić information content (AvgIpc) is 3.33. The lowest BCUT2D eigenvalue weighted by atomic mass is 10.0. The van der Waals surface area contributed by atoms with E-state index < -0.39 is 0 Å². The van der Waals surface area contributed by atoms with Gasteiger partial charge >= 0.3 is 0 Å². The first kappa shape index (κ1) is 23.3. The third-order valence-electron chi connectivity index (χ3n) is 6.37. The van der Waals surface area contributed by atoms with Crippen molar-refractivity contribution in [3.63, 3.8) is 0 Å². The van der Waals surface area contributed by atoms with Crippen LogP contribution in [0.5, 0.6) is 5.75 Å². The predicted molar refractivity (Wildman–Crippen MR) is 132 cm³/mol. The molecule has 0 fully saturated rings. The molecular weight excluding hydrogens is 418 g/mol. The molecule has 0 spiro atoms. The van der Waals surface area contributed by atoms with Crippen LogP contribution in [0, 0.1) is 5.92 Å². The van der Waals surface area contributed by atoms with Gasteiger partial charge in [-0.25, -0.2) is 4.31 Å². The molecular formula is C26H35N3O2S. The Labute approximate surface area is 196 Å². The molecule has 1 aliphatic heterocycles. The van der Waals surface area contributed by atoms with E-state index in [1.807, 2.05) is 18.5 Å². The quantitative estimate of drug-likeness (QED) is 0.604. The summed E-state index contributed by atoms with van der Waals surface area (Å²) < 4.78 is 9.04. The molecule has 32 heavy (non-hydrogen) atoms. The van der Waals surface area contributed by atoms with E-state index in [9.17, 15) is 5.11 Å². The van der Waals surface area contributed by atoms with Gasteiger partial charge in [0.25, 0.3) is 0 Å². The molecule has 1 aromatic heterocycles. The number of allylic oxidation sites excluding steroid dienone is 2. The number of hydrogen-bond donors (Lipinski definition) is 1. The van der Waals surface area contributed by atoms with Crippen molar-refractivity contribution in [1.29, 1.82) is 0 Å². The molecule has 1 aliphatic carbocycles. The van der Waals surface area contributed by atoms with Crippen molar-refractivity contribution in [3.05, 3.63) is 59.9 Å². The Bertz CT molecular complexity index is 921. The Hall–Kier alpha value is -1.86. The Morgan fingerprint density at radius 1 is 1.34 bits per heavy atom. The highest BCUT2D eigenvalue weighted by Gasteiger charge is 2.30. The summed E-state index contributed by atoms with van der Waals surface area (Å²) in [5, 5.41) is 9.84. The molecule has 2 aliphatic rings. The number of likely N-dealkylation sites (N-methyl/N-ethyl adjacent to an activating group) is 1. The monoisotopic (exact) mass is 453 g/mol. The summed E-state index contributed by atoms with van der Waals surface area (Å²) in [5.74, 6) is 1.28. The summed E-state index contributed by atoms with van der Waals surface area (Å²) in [6.45, 7) is 7.02. The largest absolute Gasteiger partial charge is 0.488 e. The minimum atomic E-state index is 0.0533. The van der Waals surface area contributed by atoms with E-state index in [0.29, 0.717) is 5.92 Å². The summed E-state index contributed by atoms with van der Waals surface area (Å²) in [6, 6.07) is 10.8. The normalized spacial score (nSPS) is 22.6. The van der Waals surface area contributed by atoms with Crippen LogP contribution in [-0.4, -0.2) is 58.2 Å². The molecule has 0 saturated heterocycles. The number of pyridine rings is 1. The highest BCUT2D eigenvalue weighted by atomic mass is 32.2. The van der Waals surface area contributed by atoms with Crippen LogP contribution >= 0.6 is 11.9 Å². The number of ether oxygens (including phenoxy) is 1. The number of fused-ring (bicyclic) bond motifs is 1. The third kappa shape index (κ3) is 5.73. The molecule has 0 saturated carbocycles. The highest BCUT2D eigenvalue weighted by Crippen LogP contribution is 2.40. The Kier molecular flexibility index (Phi) is 7.89. The van der Waals surface area contributed by atoms with Crippen LogP contribution in [-0.2, 0) is 6.54 Å². The van der Waals surface area contributed by atoms with Crippen LogP contribution in [0.3, 0.4) is 0 Å². The minimum absolute atomic E-state index is 0.0533. The number of aliphatic hydroxyl groups excluding tert-OH is 1. The van der Waals surface area contributed by atoms with Crippen molar-refractivity contribution in [2.45, 2.75) is 56.7 Å². The summed E-state index contributed by atoms with van der Waals surface area (Å²) in [4.78, 5) is 7.69. The van der Waals surface area contributed by atoms with E-state index in [1.165, 1.54) is 29.5 Å². The van der Waals surface area contributed by atoms with Crippen LogP contribution in [0.25, 0.3) is 5.57 Å². The van der Waals surface area contributed by atoms with Gasteiger partial charge in [0.1, 0.15) is 11.9 Å². The summed E-state index contributed by atoms with van der Waals surface area (Å²) in [6.07, 6.45) is 9.71. The fourth-order valence-electron chi connectivity index (χ4n) is 4.41. The Morgan fingerprint density at radius 3 is 2.94 bits per heavy atom. The first-order valence-electron chi connectivity index (χ1n) is 11.7. The zero-order valence-electron chi connectivity index (χ0n) is 19.4. The topological polar surface area (TPSA) is 48.8 Å². The van der Waals surface area contributed by atoms with Crippen molar-refractivity contribution in [1.82, 2.24) is 14.2 Å². The fourth-order valence-corrected chi connectivity index (χ4v) is 5.54. The van der Waals surface area contributed by atoms with Gasteiger partial charge in [0.05, 0.1) is 11.5 Å². The molecule has 0 unspecified atom stereocenters. The highest BCUT2D eigenvalue weighted by molar-refractivity contribution is 7.97. The van der Waals surface area contributed by atoms with Crippen molar-refractivity contribution in [3.8, 4) is 5.75 Å². The molecule has 4 rings (SSSR count). The summed E-state index contributed by atoms with van der Waals surface area (Å²) in [5.41, 5.74) is 3.91. The van der Waals surface area contributed by atoms with Crippen molar-refractivity contribution < 1.29 is 9.84 Å². The van der Waals surface area contributed by atoms with E-state index in [2.05, 4.69) is 65.4 Å². The number of rotatable bonds is 7. The molecule has 0 radical (unpaired) electrons. The molecule has 1 N–H and O–H groups in total. The van der Waals surface area contributed by atoms with Gasteiger partial charge in [-0.1, -0.05) is 25.1 Å². The van der Waals surface area contributed by atoms with E-state index in [0.717, 1.165) is 36.7 Å². The lowest BCUT2D eigenvalue weighted by Gasteiger charge is -2.37. The molecule has 0 bridgehead atoms. The lowest BCUT2D eigenvalue weighted by Crippen LogP contribution is -2.44. The maximum absolute atomic E-state index is 9.84. The van der Waals surface area contributed by atoms with Gasteiger partial charge in [0.2, 0.25) is 0 Å². The summed E-state index contributed by atoms with van der Waals surface area (Å²) >= 11 is 1.71. The zero-order chi connectivity index (χ0) is 22.5. The Balaban J connectivity index is 1.58. The number of nitrogens with zero attached hydrogens (tertiary/aromatic N) is 3.